The third kappa shape index (κ3) is 3.63. The van der Waals surface area contributed by atoms with Crippen molar-refractivity contribution in [1.82, 2.24) is 4.90 Å². The van der Waals surface area contributed by atoms with E-state index < -0.39 is 0 Å². The van der Waals surface area contributed by atoms with Crippen molar-refractivity contribution in [2.75, 3.05) is 0 Å². The van der Waals surface area contributed by atoms with Crippen LogP contribution in [0.1, 0.15) is 21.5 Å². The Morgan fingerprint density at radius 1 is 1.12 bits per heavy atom. The number of benzene rings is 2. The first-order valence-electron chi connectivity index (χ1n) is 7.45. The Hall–Kier alpha value is -2.24. The SMILES string of the molecule is Cc1ccc(C(=O)/C=C2/SC(=S)N(Cc3ccccc3)C2=O)cc1. The minimum absolute atomic E-state index is 0.185. The Bertz CT molecular complexity index is 826. The first-order valence-corrected chi connectivity index (χ1v) is 8.67. The maximum Gasteiger partial charge on any atom is 0.266 e. The smallest absolute Gasteiger partial charge is 0.266 e. The van der Waals surface area contributed by atoms with E-state index in [1.807, 2.05) is 49.4 Å². The number of amides is 1. The predicted octanol–water partition coefficient (Wildman–Crippen LogP) is 4.12. The number of aryl methyl sites for hydroxylation is 1. The van der Waals surface area contributed by atoms with Crippen LogP contribution in [0.2, 0.25) is 0 Å². The van der Waals surface area contributed by atoms with E-state index in [0.29, 0.717) is 21.3 Å². The average molecular weight is 353 g/mol. The molecule has 1 saturated heterocycles. The van der Waals surface area contributed by atoms with Gasteiger partial charge < -0.3 is 0 Å². The van der Waals surface area contributed by atoms with Gasteiger partial charge in [-0.2, -0.15) is 0 Å². The van der Waals surface area contributed by atoms with Crippen LogP contribution in [-0.2, 0) is 11.3 Å². The Kier molecular flexibility index (Phi) is 4.92. The lowest BCUT2D eigenvalue weighted by molar-refractivity contribution is -0.122. The molecular weight excluding hydrogens is 338 g/mol. The molecule has 0 spiro atoms. The highest BCUT2D eigenvalue weighted by Gasteiger charge is 2.32. The zero-order valence-electron chi connectivity index (χ0n) is 13.1. The summed E-state index contributed by atoms with van der Waals surface area (Å²) in [5.41, 5.74) is 2.65. The average Bonchev–Trinajstić information content (AvgIpc) is 2.84. The molecule has 1 amide bonds. The molecule has 0 bridgehead atoms. The predicted molar refractivity (Wildman–Crippen MR) is 101 cm³/mol. The highest BCUT2D eigenvalue weighted by atomic mass is 32.2. The molecule has 24 heavy (non-hydrogen) atoms. The summed E-state index contributed by atoms with van der Waals surface area (Å²) < 4.78 is 0.479. The molecule has 0 N–H and O–H groups in total. The van der Waals surface area contributed by atoms with Gasteiger partial charge in [0, 0.05) is 11.6 Å². The van der Waals surface area contributed by atoms with Crippen LogP contribution < -0.4 is 0 Å². The van der Waals surface area contributed by atoms with Gasteiger partial charge in [-0.1, -0.05) is 84.1 Å². The molecule has 0 radical (unpaired) electrons. The Morgan fingerprint density at radius 3 is 2.46 bits per heavy atom. The Morgan fingerprint density at radius 2 is 1.79 bits per heavy atom. The highest BCUT2D eigenvalue weighted by molar-refractivity contribution is 8.26. The summed E-state index contributed by atoms with van der Waals surface area (Å²) in [5.74, 6) is -0.399. The Balaban J connectivity index is 1.78. The van der Waals surface area contributed by atoms with E-state index in [2.05, 4.69) is 0 Å². The fourth-order valence-corrected chi connectivity index (χ4v) is 3.55. The fourth-order valence-electron chi connectivity index (χ4n) is 2.32. The van der Waals surface area contributed by atoms with E-state index in [-0.39, 0.29) is 11.7 Å². The third-order valence-electron chi connectivity index (χ3n) is 3.66. The van der Waals surface area contributed by atoms with Crippen molar-refractivity contribution in [3.8, 4) is 0 Å². The Labute approximate surface area is 150 Å². The van der Waals surface area contributed by atoms with Crippen LogP contribution in [0.4, 0.5) is 0 Å². The van der Waals surface area contributed by atoms with Gasteiger partial charge in [-0.05, 0) is 12.5 Å². The number of nitrogens with zero attached hydrogens (tertiary/aromatic N) is 1. The first kappa shape index (κ1) is 16.6. The molecule has 0 saturated carbocycles. The molecule has 0 aromatic heterocycles. The van der Waals surface area contributed by atoms with Gasteiger partial charge in [0.1, 0.15) is 4.32 Å². The van der Waals surface area contributed by atoms with E-state index >= 15 is 0 Å². The number of hydrogen-bond donors (Lipinski definition) is 0. The van der Waals surface area contributed by atoms with Crippen molar-refractivity contribution in [1.29, 1.82) is 0 Å². The molecular formula is C19H15NO2S2. The number of thioether (sulfide) groups is 1. The van der Waals surface area contributed by atoms with Crippen molar-refractivity contribution in [2.45, 2.75) is 13.5 Å². The summed E-state index contributed by atoms with van der Waals surface area (Å²) in [4.78, 5) is 26.8. The molecule has 1 heterocycles. The molecule has 3 rings (SSSR count). The van der Waals surface area contributed by atoms with Crippen LogP contribution in [0.5, 0.6) is 0 Å². The second kappa shape index (κ2) is 7.11. The lowest BCUT2D eigenvalue weighted by atomic mass is 10.1. The van der Waals surface area contributed by atoms with E-state index in [9.17, 15) is 9.59 Å². The van der Waals surface area contributed by atoms with Crippen LogP contribution in [0.25, 0.3) is 0 Å². The minimum atomic E-state index is -0.214. The quantitative estimate of drug-likeness (QED) is 0.471. The van der Waals surface area contributed by atoms with Crippen LogP contribution in [-0.4, -0.2) is 20.9 Å². The molecule has 120 valence electrons. The summed E-state index contributed by atoms with van der Waals surface area (Å²) in [6.07, 6.45) is 1.38. The maximum absolute atomic E-state index is 12.5. The van der Waals surface area contributed by atoms with Crippen LogP contribution in [0.3, 0.4) is 0 Å². The number of hydrogen-bond acceptors (Lipinski definition) is 4. The van der Waals surface area contributed by atoms with Crippen LogP contribution in [0.15, 0.2) is 65.6 Å². The van der Waals surface area contributed by atoms with E-state index in [1.165, 1.54) is 22.7 Å². The molecule has 2 aromatic rings. The lowest BCUT2D eigenvalue weighted by Gasteiger charge is -2.14. The number of carbonyl (C=O) groups excluding carboxylic acids is 2. The largest absolute Gasteiger partial charge is 0.289 e. The zero-order chi connectivity index (χ0) is 17.1. The lowest BCUT2D eigenvalue weighted by Crippen LogP contribution is -2.27. The molecule has 2 aromatic carbocycles. The van der Waals surface area contributed by atoms with Crippen molar-refractivity contribution in [3.63, 3.8) is 0 Å². The van der Waals surface area contributed by atoms with Gasteiger partial charge in [0.05, 0.1) is 11.4 Å². The standard InChI is InChI=1S/C19H15NO2S2/c1-13-7-9-15(10-8-13)16(21)11-17-18(22)20(19(23)24-17)12-14-5-3-2-4-6-14/h2-11H,12H2,1H3/b17-11+. The summed E-state index contributed by atoms with van der Waals surface area (Å²) >= 11 is 6.47. The van der Waals surface area contributed by atoms with Gasteiger partial charge in [-0.25, -0.2) is 0 Å². The van der Waals surface area contributed by atoms with Gasteiger partial charge in [-0.15, -0.1) is 0 Å². The van der Waals surface area contributed by atoms with Crippen molar-refractivity contribution < 1.29 is 9.59 Å². The highest BCUT2D eigenvalue weighted by Crippen LogP contribution is 2.32. The maximum atomic E-state index is 12.5. The minimum Gasteiger partial charge on any atom is -0.289 e. The van der Waals surface area contributed by atoms with Crippen molar-refractivity contribution >= 4 is 40.0 Å². The van der Waals surface area contributed by atoms with Crippen molar-refractivity contribution in [2.24, 2.45) is 0 Å². The number of carbonyl (C=O) groups is 2. The summed E-state index contributed by atoms with van der Waals surface area (Å²) in [7, 11) is 0. The second-order valence-corrected chi connectivity index (χ2v) is 7.16. The van der Waals surface area contributed by atoms with Crippen molar-refractivity contribution in [3.05, 3.63) is 82.3 Å². The number of thiocarbonyl (C=S) groups is 1. The topological polar surface area (TPSA) is 37.4 Å². The molecule has 0 aliphatic carbocycles. The van der Waals surface area contributed by atoms with Crippen LogP contribution >= 0.6 is 24.0 Å². The number of rotatable bonds is 4. The van der Waals surface area contributed by atoms with Gasteiger partial charge in [0.15, 0.2) is 5.78 Å². The number of allylic oxidation sites excluding steroid dienone is 1. The molecule has 3 nitrogen and oxygen atoms in total. The number of ketones is 1. The monoisotopic (exact) mass is 353 g/mol. The van der Waals surface area contributed by atoms with Crippen LogP contribution in [0, 0.1) is 6.92 Å². The van der Waals surface area contributed by atoms with Gasteiger partial charge in [-0.3, -0.25) is 14.5 Å². The molecule has 1 aliphatic rings. The normalized spacial score (nSPS) is 16.0. The fraction of sp³-hybridized carbons (Fsp3) is 0.105. The van der Waals surface area contributed by atoms with Gasteiger partial charge in [0.25, 0.3) is 5.91 Å². The molecule has 1 fully saturated rings. The molecule has 5 heteroatoms. The van der Waals surface area contributed by atoms with Gasteiger partial charge in [0.2, 0.25) is 0 Å². The second-order valence-electron chi connectivity index (χ2n) is 5.48. The molecule has 0 unspecified atom stereocenters. The third-order valence-corrected chi connectivity index (χ3v) is 5.03. The van der Waals surface area contributed by atoms with Gasteiger partial charge >= 0.3 is 0 Å². The van der Waals surface area contributed by atoms with E-state index in [0.717, 1.165) is 11.1 Å². The first-order chi connectivity index (χ1) is 11.5. The zero-order valence-corrected chi connectivity index (χ0v) is 14.7. The summed E-state index contributed by atoms with van der Waals surface area (Å²) in [5, 5.41) is 0. The summed E-state index contributed by atoms with van der Waals surface area (Å²) in [6.45, 7) is 2.38. The van der Waals surface area contributed by atoms with E-state index in [1.54, 1.807) is 12.1 Å². The molecule has 0 atom stereocenters. The van der Waals surface area contributed by atoms with E-state index in [4.69, 9.17) is 12.2 Å². The summed E-state index contributed by atoms with van der Waals surface area (Å²) in [6, 6.07) is 16.9. The molecule has 1 aliphatic heterocycles.